The fourth-order valence-corrected chi connectivity index (χ4v) is 3.90. The van der Waals surface area contributed by atoms with E-state index in [0.29, 0.717) is 30.8 Å². The maximum absolute atomic E-state index is 11.5. The van der Waals surface area contributed by atoms with Crippen molar-refractivity contribution in [3.05, 3.63) is 29.8 Å². The monoisotopic (exact) mass is 329 g/mol. The van der Waals surface area contributed by atoms with Crippen LogP contribution >= 0.6 is 10.8 Å². The second-order valence-electron chi connectivity index (χ2n) is 5.06. The van der Waals surface area contributed by atoms with Crippen molar-refractivity contribution in [3.63, 3.8) is 0 Å². The molecule has 22 heavy (non-hydrogen) atoms. The molecule has 6 heteroatoms. The molecule has 0 aliphatic carbocycles. The van der Waals surface area contributed by atoms with Gasteiger partial charge in [0.05, 0.1) is 17.9 Å². The van der Waals surface area contributed by atoms with Gasteiger partial charge in [-0.15, -0.1) is 10.8 Å². The summed E-state index contributed by atoms with van der Waals surface area (Å²) in [6, 6.07) is 7.23. The molecule has 126 valence electrons. The number of piperidine rings is 1. The van der Waals surface area contributed by atoms with E-state index in [2.05, 4.69) is 0 Å². The molecule has 1 aliphatic heterocycles. The zero-order chi connectivity index (χ0) is 16.8. The standard InChI is InChI=1S/C14H21NO4S.C2H6/c1-11-3-5-13(6-4-11)20(17,18)15-9-7-12(8-10-15)14(16)19-2;1-2/h3-6,12,17-18H,7-10H2,1-2H3;1-2H3. The highest BCUT2D eigenvalue weighted by Gasteiger charge is 2.32. The van der Waals surface area contributed by atoms with E-state index < -0.39 is 10.8 Å². The molecule has 1 fully saturated rings. The van der Waals surface area contributed by atoms with Crippen LogP contribution in [0.5, 0.6) is 0 Å². The van der Waals surface area contributed by atoms with Crippen molar-refractivity contribution in [2.24, 2.45) is 5.92 Å². The van der Waals surface area contributed by atoms with Crippen molar-refractivity contribution >= 4 is 16.7 Å². The maximum atomic E-state index is 11.5. The number of carbonyl (C=O) groups is 1. The average molecular weight is 329 g/mol. The molecular formula is C16H27NO4S. The lowest BCUT2D eigenvalue weighted by atomic mass is 9.99. The molecular weight excluding hydrogens is 302 g/mol. The lowest BCUT2D eigenvalue weighted by Gasteiger charge is -2.45. The zero-order valence-electron chi connectivity index (χ0n) is 13.8. The van der Waals surface area contributed by atoms with E-state index in [1.165, 1.54) is 7.11 Å². The van der Waals surface area contributed by atoms with Gasteiger partial charge in [0.15, 0.2) is 0 Å². The number of nitrogens with zero attached hydrogens (tertiary/aromatic N) is 1. The van der Waals surface area contributed by atoms with Gasteiger partial charge in [-0.1, -0.05) is 31.5 Å². The van der Waals surface area contributed by atoms with Crippen LogP contribution in [0.15, 0.2) is 29.2 Å². The van der Waals surface area contributed by atoms with E-state index in [0.717, 1.165) is 5.56 Å². The summed E-state index contributed by atoms with van der Waals surface area (Å²) in [7, 11) is -1.57. The summed E-state index contributed by atoms with van der Waals surface area (Å²) in [6.07, 6.45) is 1.18. The number of hydrogen-bond donors (Lipinski definition) is 2. The Balaban J connectivity index is 0.00000116. The van der Waals surface area contributed by atoms with Gasteiger partial charge in [0, 0.05) is 13.1 Å². The molecule has 0 aromatic heterocycles. The second-order valence-corrected chi connectivity index (χ2v) is 7.08. The molecule has 2 N–H and O–H groups in total. The van der Waals surface area contributed by atoms with Crippen molar-refractivity contribution in [3.8, 4) is 0 Å². The number of ether oxygens (including phenoxy) is 1. The molecule has 0 spiro atoms. The SMILES string of the molecule is CC.COC(=O)C1CCN(S(O)(O)c2ccc(C)cc2)CC1. The number of rotatable bonds is 3. The highest BCUT2D eigenvalue weighted by atomic mass is 32.3. The number of hydrogen-bond acceptors (Lipinski definition) is 5. The lowest BCUT2D eigenvalue weighted by Crippen LogP contribution is -2.38. The molecule has 0 radical (unpaired) electrons. The number of benzene rings is 1. The van der Waals surface area contributed by atoms with Crippen LogP contribution in [0.4, 0.5) is 0 Å². The van der Waals surface area contributed by atoms with Gasteiger partial charge in [0.2, 0.25) is 0 Å². The summed E-state index contributed by atoms with van der Waals surface area (Å²) < 4.78 is 27.3. The van der Waals surface area contributed by atoms with E-state index in [1.54, 1.807) is 16.4 Å². The average Bonchev–Trinajstić information content (AvgIpc) is 2.56. The molecule has 0 amide bonds. The molecule has 0 unspecified atom stereocenters. The Morgan fingerprint density at radius 3 is 2.14 bits per heavy atom. The van der Waals surface area contributed by atoms with Crippen LogP contribution in [0.25, 0.3) is 0 Å². The van der Waals surface area contributed by atoms with Crippen LogP contribution in [-0.4, -0.2) is 39.6 Å². The molecule has 0 saturated carbocycles. The van der Waals surface area contributed by atoms with Crippen molar-refractivity contribution in [1.82, 2.24) is 4.31 Å². The number of esters is 1. The van der Waals surface area contributed by atoms with Crippen LogP contribution in [-0.2, 0) is 9.53 Å². The van der Waals surface area contributed by atoms with Crippen molar-refractivity contribution in [2.75, 3.05) is 20.2 Å². The van der Waals surface area contributed by atoms with Gasteiger partial charge in [0.25, 0.3) is 0 Å². The number of aryl methyl sites for hydroxylation is 1. The largest absolute Gasteiger partial charge is 0.469 e. The highest BCUT2D eigenvalue weighted by Crippen LogP contribution is 2.52. The first kappa shape index (κ1) is 19.0. The second kappa shape index (κ2) is 8.53. The van der Waals surface area contributed by atoms with Crippen LogP contribution in [0.3, 0.4) is 0 Å². The normalized spacial score (nSPS) is 17.4. The lowest BCUT2D eigenvalue weighted by molar-refractivity contribution is -0.146. The molecule has 0 bridgehead atoms. The Kier molecular flexibility index (Phi) is 7.35. The third-order valence-electron chi connectivity index (χ3n) is 3.69. The van der Waals surface area contributed by atoms with E-state index in [-0.39, 0.29) is 11.9 Å². The molecule has 1 saturated heterocycles. The third kappa shape index (κ3) is 4.46. The van der Waals surface area contributed by atoms with Crippen LogP contribution < -0.4 is 0 Å². The summed E-state index contributed by atoms with van der Waals surface area (Å²) >= 11 is 0. The van der Waals surface area contributed by atoms with Crippen LogP contribution in [0, 0.1) is 12.8 Å². The topological polar surface area (TPSA) is 70.0 Å². The van der Waals surface area contributed by atoms with Gasteiger partial charge in [-0.3, -0.25) is 13.9 Å². The third-order valence-corrected chi connectivity index (χ3v) is 5.68. The Morgan fingerprint density at radius 2 is 1.68 bits per heavy atom. The van der Waals surface area contributed by atoms with Crippen molar-refractivity contribution in [2.45, 2.75) is 38.5 Å². The fourth-order valence-electron chi connectivity index (χ4n) is 2.38. The van der Waals surface area contributed by atoms with E-state index in [4.69, 9.17) is 4.74 Å². The zero-order valence-corrected chi connectivity index (χ0v) is 14.6. The Hall–Kier alpha value is -1.08. The molecule has 2 rings (SSSR count). The Morgan fingerprint density at radius 1 is 1.18 bits per heavy atom. The predicted octanol–water partition coefficient (Wildman–Crippen LogP) is 3.93. The minimum atomic E-state index is -2.95. The van der Waals surface area contributed by atoms with Crippen LogP contribution in [0.1, 0.15) is 32.3 Å². The molecule has 1 aliphatic rings. The summed E-state index contributed by atoms with van der Waals surface area (Å²) in [5.41, 5.74) is 1.08. The van der Waals surface area contributed by atoms with Crippen LogP contribution in [0.2, 0.25) is 0 Å². The molecule has 1 aromatic carbocycles. The molecule has 5 nitrogen and oxygen atoms in total. The predicted molar refractivity (Wildman–Crippen MR) is 90.0 cm³/mol. The van der Waals surface area contributed by atoms with E-state index >= 15 is 0 Å². The first-order valence-electron chi connectivity index (χ1n) is 7.63. The van der Waals surface area contributed by atoms with Gasteiger partial charge in [-0.05, 0) is 31.9 Å². The van der Waals surface area contributed by atoms with Gasteiger partial charge >= 0.3 is 5.97 Å². The molecule has 0 atom stereocenters. The summed E-state index contributed by atoms with van der Waals surface area (Å²) in [5.74, 6) is -0.346. The van der Waals surface area contributed by atoms with Crippen molar-refractivity contribution < 1.29 is 18.6 Å². The fraction of sp³-hybridized carbons (Fsp3) is 0.562. The van der Waals surface area contributed by atoms with Gasteiger partial charge in [0.1, 0.15) is 0 Å². The summed E-state index contributed by atoms with van der Waals surface area (Å²) in [6.45, 7) is 6.92. The van der Waals surface area contributed by atoms with Crippen molar-refractivity contribution in [1.29, 1.82) is 0 Å². The molecule has 1 aromatic rings. The number of methoxy groups -OCH3 is 1. The Labute approximate surface area is 134 Å². The number of carbonyl (C=O) groups excluding carboxylic acids is 1. The summed E-state index contributed by atoms with van der Waals surface area (Å²) in [5, 5.41) is 0. The maximum Gasteiger partial charge on any atom is 0.308 e. The quantitative estimate of drug-likeness (QED) is 0.822. The minimum Gasteiger partial charge on any atom is -0.469 e. The van der Waals surface area contributed by atoms with E-state index in [1.807, 2.05) is 32.9 Å². The highest BCUT2D eigenvalue weighted by molar-refractivity contribution is 8.22. The minimum absolute atomic E-state index is 0.135. The smallest absolute Gasteiger partial charge is 0.308 e. The first-order valence-corrected chi connectivity index (χ1v) is 9.13. The van der Waals surface area contributed by atoms with E-state index in [9.17, 15) is 13.9 Å². The Bertz CT molecular complexity index is 468. The summed E-state index contributed by atoms with van der Waals surface area (Å²) in [4.78, 5) is 12.0. The first-order chi connectivity index (χ1) is 10.4. The van der Waals surface area contributed by atoms with Gasteiger partial charge in [-0.25, -0.2) is 4.31 Å². The van der Waals surface area contributed by atoms with Gasteiger partial charge in [-0.2, -0.15) is 0 Å². The van der Waals surface area contributed by atoms with Gasteiger partial charge < -0.3 is 4.74 Å². The molecule has 1 heterocycles.